The molecule has 31 heavy (non-hydrogen) atoms. The van der Waals surface area contributed by atoms with Crippen LogP contribution >= 0.6 is 0 Å². The molecule has 3 rings (SSSR count). The van der Waals surface area contributed by atoms with Crippen molar-refractivity contribution in [2.45, 2.75) is 18.9 Å². The van der Waals surface area contributed by atoms with Crippen LogP contribution in [0.15, 0.2) is 31.0 Å². The largest absolute Gasteiger partial charge is 0.494 e. The second kappa shape index (κ2) is 9.61. The minimum absolute atomic E-state index is 0.0160. The van der Waals surface area contributed by atoms with Crippen LogP contribution in [-0.4, -0.2) is 66.2 Å². The van der Waals surface area contributed by atoms with Crippen molar-refractivity contribution >= 4 is 28.9 Å². The number of carbonyl (C=O) groups excluding carboxylic acids is 1. The Kier molecular flexibility index (Phi) is 6.91. The first-order chi connectivity index (χ1) is 14.8. The van der Waals surface area contributed by atoms with Crippen molar-refractivity contribution in [2.75, 3.05) is 49.8 Å². The molecule has 1 amide bonds. The van der Waals surface area contributed by atoms with Crippen molar-refractivity contribution in [1.82, 2.24) is 14.9 Å². The molecule has 0 saturated carbocycles. The maximum absolute atomic E-state index is 13.3. The van der Waals surface area contributed by atoms with Crippen molar-refractivity contribution in [1.29, 1.82) is 0 Å². The van der Waals surface area contributed by atoms with Gasteiger partial charge >= 0.3 is 0 Å². The van der Waals surface area contributed by atoms with Gasteiger partial charge in [0.15, 0.2) is 0 Å². The predicted octanol–water partition coefficient (Wildman–Crippen LogP) is 2.73. The fourth-order valence-corrected chi connectivity index (χ4v) is 3.54. The molecule has 2 heterocycles. The van der Waals surface area contributed by atoms with Crippen LogP contribution in [0.5, 0.6) is 11.6 Å². The van der Waals surface area contributed by atoms with Gasteiger partial charge in [0.1, 0.15) is 5.75 Å². The number of nitrogens with zero attached hydrogens (tertiary/aromatic N) is 4. The molecule has 1 aromatic carbocycles. The molecule has 1 aliphatic heterocycles. The second-order valence-electron chi connectivity index (χ2n) is 7.44. The minimum atomic E-state index is -0.923. The molecule has 0 aliphatic carbocycles. The van der Waals surface area contributed by atoms with Crippen molar-refractivity contribution in [3.8, 4) is 11.6 Å². The van der Waals surface area contributed by atoms with Gasteiger partial charge in [-0.3, -0.25) is 4.79 Å². The van der Waals surface area contributed by atoms with Gasteiger partial charge in [0.05, 0.1) is 30.4 Å². The van der Waals surface area contributed by atoms with Crippen LogP contribution in [0.25, 0.3) is 0 Å². The summed E-state index contributed by atoms with van der Waals surface area (Å²) in [6.45, 7) is 5.16. The average molecular weight is 430 g/mol. The number of rotatable bonds is 7. The smallest absolute Gasteiger partial charge is 0.252 e. The predicted molar refractivity (Wildman–Crippen MR) is 118 cm³/mol. The third-order valence-electron chi connectivity index (χ3n) is 5.27. The molecule has 9 nitrogen and oxygen atoms in total. The van der Waals surface area contributed by atoms with Gasteiger partial charge in [-0.2, -0.15) is 9.37 Å². The third kappa shape index (κ3) is 5.21. The number of piperidine rings is 1. The van der Waals surface area contributed by atoms with Crippen molar-refractivity contribution in [3.63, 3.8) is 0 Å². The number of ether oxygens (including phenoxy) is 1. The third-order valence-corrected chi connectivity index (χ3v) is 5.27. The van der Waals surface area contributed by atoms with Gasteiger partial charge < -0.3 is 30.3 Å². The Hall–Kier alpha value is -3.40. The van der Waals surface area contributed by atoms with Crippen LogP contribution in [0.3, 0.4) is 0 Å². The maximum Gasteiger partial charge on any atom is 0.252 e. The Morgan fingerprint density at radius 3 is 2.65 bits per heavy atom. The number of carbonyl (C=O) groups is 1. The van der Waals surface area contributed by atoms with Crippen LogP contribution in [0.4, 0.5) is 27.4 Å². The van der Waals surface area contributed by atoms with Crippen LogP contribution in [0.1, 0.15) is 12.8 Å². The highest BCUT2D eigenvalue weighted by molar-refractivity contribution is 6.02. The monoisotopic (exact) mass is 430 g/mol. The second-order valence-corrected chi connectivity index (χ2v) is 7.44. The van der Waals surface area contributed by atoms with E-state index in [1.165, 1.54) is 13.2 Å². The molecular weight excluding hydrogens is 403 g/mol. The SMILES string of the molecule is C=CC(=O)Nc1cc(Nc2ncc(F)c(O)n2)c(OC)cc1N1CCC(N(C)C)CC1. The number of amides is 1. The Morgan fingerprint density at radius 2 is 2.06 bits per heavy atom. The van der Waals surface area contributed by atoms with Gasteiger partial charge in [0.2, 0.25) is 17.7 Å². The highest BCUT2D eigenvalue weighted by atomic mass is 19.1. The Bertz CT molecular complexity index is 960. The zero-order valence-corrected chi connectivity index (χ0v) is 17.9. The summed E-state index contributed by atoms with van der Waals surface area (Å²) >= 11 is 0. The summed E-state index contributed by atoms with van der Waals surface area (Å²) in [7, 11) is 5.68. The Balaban J connectivity index is 1.95. The first-order valence-corrected chi connectivity index (χ1v) is 9.87. The molecule has 1 aromatic heterocycles. The molecular formula is C21H27FN6O3. The van der Waals surface area contributed by atoms with E-state index in [0.717, 1.165) is 37.8 Å². The number of anilines is 4. The summed E-state index contributed by atoms with van der Waals surface area (Å²) in [4.78, 5) is 24.0. The number of halogens is 1. The number of hydrogen-bond acceptors (Lipinski definition) is 8. The van der Waals surface area contributed by atoms with E-state index >= 15 is 0 Å². The van der Waals surface area contributed by atoms with E-state index in [9.17, 15) is 14.3 Å². The standard InChI is InChI=1S/C21H27FN6O3/c1-5-19(29)24-15-10-16(25-21-23-12-14(22)20(30)26-21)18(31-4)11-17(15)28-8-6-13(7-9-28)27(2)3/h5,10-13H,1,6-9H2,2-4H3,(H,24,29)(H2,23,25,26,30). The number of methoxy groups -OCH3 is 1. The maximum atomic E-state index is 13.3. The van der Waals surface area contributed by atoms with E-state index in [0.29, 0.717) is 23.2 Å². The topological polar surface area (TPSA) is 103 Å². The number of aromatic hydroxyl groups is 1. The lowest BCUT2D eigenvalue weighted by Crippen LogP contribution is -2.42. The summed E-state index contributed by atoms with van der Waals surface area (Å²) in [6.07, 6.45) is 4.04. The van der Waals surface area contributed by atoms with E-state index in [2.05, 4.69) is 51.1 Å². The fraction of sp³-hybridized carbons (Fsp3) is 0.381. The molecule has 2 aromatic rings. The van der Waals surface area contributed by atoms with E-state index in [1.807, 2.05) is 6.07 Å². The molecule has 0 atom stereocenters. The van der Waals surface area contributed by atoms with Gasteiger partial charge in [-0.05, 0) is 39.1 Å². The molecule has 166 valence electrons. The van der Waals surface area contributed by atoms with E-state index in [4.69, 9.17) is 4.74 Å². The van der Waals surface area contributed by atoms with Crippen LogP contribution < -0.4 is 20.3 Å². The summed E-state index contributed by atoms with van der Waals surface area (Å²) in [6, 6.07) is 4.02. The lowest BCUT2D eigenvalue weighted by Gasteiger charge is -2.37. The molecule has 0 unspecified atom stereocenters. The highest BCUT2D eigenvalue weighted by Gasteiger charge is 2.24. The van der Waals surface area contributed by atoms with Gasteiger partial charge in [-0.1, -0.05) is 6.58 Å². The van der Waals surface area contributed by atoms with Gasteiger partial charge in [0, 0.05) is 25.2 Å². The fourth-order valence-electron chi connectivity index (χ4n) is 3.54. The van der Waals surface area contributed by atoms with Gasteiger partial charge in [-0.15, -0.1) is 0 Å². The Labute approximate surface area is 180 Å². The zero-order valence-electron chi connectivity index (χ0n) is 17.9. The van der Waals surface area contributed by atoms with Crippen molar-refractivity contribution < 1.29 is 19.0 Å². The van der Waals surface area contributed by atoms with E-state index in [1.54, 1.807) is 6.07 Å². The normalized spacial score (nSPS) is 14.4. The molecule has 1 saturated heterocycles. The van der Waals surface area contributed by atoms with Gasteiger partial charge in [0.25, 0.3) is 5.88 Å². The molecule has 1 fully saturated rings. The number of aromatic nitrogens is 2. The number of benzene rings is 1. The summed E-state index contributed by atoms with van der Waals surface area (Å²) in [5.41, 5.74) is 1.82. The first kappa shape index (κ1) is 22.3. The molecule has 0 spiro atoms. The van der Waals surface area contributed by atoms with Gasteiger partial charge in [-0.25, -0.2) is 4.98 Å². The lowest BCUT2D eigenvalue weighted by molar-refractivity contribution is -0.111. The summed E-state index contributed by atoms with van der Waals surface area (Å²) in [5, 5.41) is 15.2. The van der Waals surface area contributed by atoms with Crippen molar-refractivity contribution in [2.24, 2.45) is 0 Å². The van der Waals surface area contributed by atoms with Crippen LogP contribution in [-0.2, 0) is 4.79 Å². The van der Waals surface area contributed by atoms with Crippen molar-refractivity contribution in [3.05, 3.63) is 36.8 Å². The quantitative estimate of drug-likeness (QED) is 0.577. The zero-order chi connectivity index (χ0) is 22.5. The minimum Gasteiger partial charge on any atom is -0.494 e. The number of nitrogens with one attached hydrogen (secondary N) is 2. The lowest BCUT2D eigenvalue weighted by atomic mass is 10.0. The highest BCUT2D eigenvalue weighted by Crippen LogP contribution is 2.39. The summed E-state index contributed by atoms with van der Waals surface area (Å²) in [5.74, 6) is -1.58. The van der Waals surface area contributed by atoms with Crippen LogP contribution in [0, 0.1) is 5.82 Å². The molecule has 0 bridgehead atoms. The first-order valence-electron chi connectivity index (χ1n) is 9.87. The number of hydrogen-bond donors (Lipinski definition) is 3. The van der Waals surface area contributed by atoms with E-state index in [-0.39, 0.29) is 11.9 Å². The average Bonchev–Trinajstić information content (AvgIpc) is 2.76. The summed E-state index contributed by atoms with van der Waals surface area (Å²) < 4.78 is 18.8. The molecule has 0 radical (unpaired) electrons. The molecule has 1 aliphatic rings. The molecule has 10 heteroatoms. The van der Waals surface area contributed by atoms with E-state index < -0.39 is 11.7 Å². The van der Waals surface area contributed by atoms with Crippen LogP contribution in [0.2, 0.25) is 0 Å². The Morgan fingerprint density at radius 1 is 1.35 bits per heavy atom. The molecule has 3 N–H and O–H groups in total.